The lowest BCUT2D eigenvalue weighted by molar-refractivity contribution is -0.384. The molecule has 27 heavy (non-hydrogen) atoms. The maximum Gasteiger partial charge on any atom is 0.271 e. The van der Waals surface area contributed by atoms with E-state index >= 15 is 0 Å². The van der Waals surface area contributed by atoms with Gasteiger partial charge in [-0.3, -0.25) is 19.7 Å². The lowest BCUT2D eigenvalue weighted by Gasteiger charge is -2.12. The van der Waals surface area contributed by atoms with E-state index in [-0.39, 0.29) is 29.0 Å². The van der Waals surface area contributed by atoms with Crippen LogP contribution in [-0.2, 0) is 9.47 Å². The summed E-state index contributed by atoms with van der Waals surface area (Å²) in [6.07, 6.45) is 3.56. The van der Waals surface area contributed by atoms with Gasteiger partial charge in [0.05, 0.1) is 17.1 Å². The molecule has 3 rings (SSSR count). The molecule has 2 heterocycles. The highest BCUT2D eigenvalue weighted by Crippen LogP contribution is 2.18. The summed E-state index contributed by atoms with van der Waals surface area (Å²) in [4.78, 5) is 35.3. The highest BCUT2D eigenvalue weighted by atomic mass is 16.6. The van der Waals surface area contributed by atoms with Crippen LogP contribution in [-0.4, -0.2) is 55.2 Å². The van der Waals surface area contributed by atoms with Gasteiger partial charge in [-0.1, -0.05) is 0 Å². The fraction of sp³-hybridized carbons (Fsp3) is 0.556. The number of rotatable bonds is 7. The van der Waals surface area contributed by atoms with E-state index in [4.69, 9.17) is 9.47 Å². The van der Waals surface area contributed by atoms with Gasteiger partial charge in [0, 0.05) is 49.6 Å². The number of nitrogens with zero attached hydrogens (tertiary/aromatic N) is 1. The van der Waals surface area contributed by atoms with Crippen molar-refractivity contribution in [2.75, 3.05) is 26.3 Å². The van der Waals surface area contributed by atoms with Gasteiger partial charge in [0.1, 0.15) is 0 Å². The Hall–Kier alpha value is -2.52. The Morgan fingerprint density at radius 3 is 1.81 bits per heavy atom. The standard InChI is InChI=1S/C18H23N3O6/c22-17(19-10-15-3-1-5-26-15)12-7-13(9-14(8-12)21(24)25)18(23)20-11-16-4-2-6-27-16/h7-9,15-16H,1-6,10-11H2,(H,19,22)(H,20,23)/t15-,16-/m1/s1. The summed E-state index contributed by atoms with van der Waals surface area (Å²) >= 11 is 0. The molecule has 0 unspecified atom stereocenters. The lowest BCUT2D eigenvalue weighted by Crippen LogP contribution is -2.33. The second-order valence-electron chi connectivity index (χ2n) is 6.72. The number of non-ortho nitro benzene ring substituents is 1. The topological polar surface area (TPSA) is 120 Å². The third-order valence-corrected chi connectivity index (χ3v) is 4.68. The van der Waals surface area contributed by atoms with Gasteiger partial charge in [0.15, 0.2) is 0 Å². The number of ether oxygens (including phenoxy) is 2. The van der Waals surface area contributed by atoms with Crippen molar-refractivity contribution in [3.63, 3.8) is 0 Å². The van der Waals surface area contributed by atoms with E-state index in [2.05, 4.69) is 10.6 Å². The zero-order valence-corrected chi connectivity index (χ0v) is 14.9. The molecule has 0 radical (unpaired) electrons. The second kappa shape index (κ2) is 8.92. The maximum absolute atomic E-state index is 12.4. The summed E-state index contributed by atoms with van der Waals surface area (Å²) in [5, 5.41) is 16.6. The molecule has 2 aliphatic heterocycles. The van der Waals surface area contributed by atoms with Gasteiger partial charge in [-0.2, -0.15) is 0 Å². The average molecular weight is 377 g/mol. The van der Waals surface area contributed by atoms with E-state index in [1.807, 2.05) is 0 Å². The number of carbonyl (C=O) groups is 2. The predicted molar refractivity (Wildman–Crippen MR) is 95.7 cm³/mol. The van der Waals surface area contributed by atoms with Gasteiger partial charge in [0.2, 0.25) is 0 Å². The van der Waals surface area contributed by atoms with Crippen LogP contribution in [0, 0.1) is 10.1 Å². The Bertz CT molecular complexity index is 661. The largest absolute Gasteiger partial charge is 0.376 e. The first-order chi connectivity index (χ1) is 13.0. The highest BCUT2D eigenvalue weighted by Gasteiger charge is 2.21. The molecule has 0 spiro atoms. The summed E-state index contributed by atoms with van der Waals surface area (Å²) in [6.45, 7) is 2.02. The molecule has 2 saturated heterocycles. The van der Waals surface area contributed by atoms with Crippen molar-refractivity contribution >= 4 is 17.5 Å². The van der Waals surface area contributed by atoms with Crippen molar-refractivity contribution < 1.29 is 24.0 Å². The normalized spacial score (nSPS) is 21.8. The molecule has 9 nitrogen and oxygen atoms in total. The van der Waals surface area contributed by atoms with Crippen LogP contribution in [0.2, 0.25) is 0 Å². The van der Waals surface area contributed by atoms with Crippen molar-refractivity contribution in [3.05, 3.63) is 39.4 Å². The van der Waals surface area contributed by atoms with Crippen molar-refractivity contribution in [2.45, 2.75) is 37.9 Å². The van der Waals surface area contributed by atoms with Crippen LogP contribution in [0.5, 0.6) is 0 Å². The number of hydrogen-bond donors (Lipinski definition) is 2. The SMILES string of the molecule is O=C(NC[C@H]1CCCO1)c1cc(C(=O)NC[C@H]2CCCO2)cc([N+](=O)[O-])c1. The molecule has 0 bridgehead atoms. The van der Waals surface area contributed by atoms with Crippen molar-refractivity contribution in [2.24, 2.45) is 0 Å². The quantitative estimate of drug-likeness (QED) is 0.548. The fourth-order valence-electron chi connectivity index (χ4n) is 3.21. The monoisotopic (exact) mass is 377 g/mol. The van der Waals surface area contributed by atoms with Crippen LogP contribution in [0.25, 0.3) is 0 Å². The summed E-state index contributed by atoms with van der Waals surface area (Å²) in [5.74, 6) is -0.940. The third kappa shape index (κ3) is 5.24. The Labute approximate surface area is 156 Å². The van der Waals surface area contributed by atoms with Crippen molar-refractivity contribution in [1.82, 2.24) is 10.6 Å². The Morgan fingerprint density at radius 2 is 1.44 bits per heavy atom. The van der Waals surface area contributed by atoms with E-state index in [1.165, 1.54) is 18.2 Å². The number of hydrogen-bond acceptors (Lipinski definition) is 6. The highest BCUT2D eigenvalue weighted by molar-refractivity contribution is 6.00. The van der Waals surface area contributed by atoms with Crippen molar-refractivity contribution in [3.8, 4) is 0 Å². The van der Waals surface area contributed by atoms with Gasteiger partial charge >= 0.3 is 0 Å². The van der Waals surface area contributed by atoms with Crippen LogP contribution in [0.4, 0.5) is 5.69 Å². The molecule has 1 aromatic carbocycles. The molecule has 2 atom stereocenters. The molecular formula is C18H23N3O6. The molecule has 2 fully saturated rings. The van der Waals surface area contributed by atoms with Gasteiger partial charge in [0.25, 0.3) is 17.5 Å². The van der Waals surface area contributed by atoms with E-state index in [9.17, 15) is 19.7 Å². The first kappa shape index (κ1) is 19.2. The van der Waals surface area contributed by atoms with E-state index < -0.39 is 16.7 Å². The Morgan fingerprint density at radius 1 is 0.963 bits per heavy atom. The number of carbonyl (C=O) groups excluding carboxylic acids is 2. The molecule has 146 valence electrons. The molecule has 0 saturated carbocycles. The number of amides is 2. The minimum atomic E-state index is -0.617. The van der Waals surface area contributed by atoms with Crippen molar-refractivity contribution in [1.29, 1.82) is 0 Å². The Kier molecular flexibility index (Phi) is 6.36. The van der Waals surface area contributed by atoms with Crippen LogP contribution < -0.4 is 10.6 Å². The second-order valence-corrected chi connectivity index (χ2v) is 6.72. The summed E-state index contributed by atoms with van der Waals surface area (Å²) in [5.41, 5.74) is -0.157. The Balaban J connectivity index is 1.68. The number of nitrogens with one attached hydrogen (secondary N) is 2. The van der Waals surface area contributed by atoms with Crippen LogP contribution >= 0.6 is 0 Å². The first-order valence-corrected chi connectivity index (χ1v) is 9.12. The van der Waals surface area contributed by atoms with Gasteiger partial charge < -0.3 is 20.1 Å². The number of nitro groups is 1. The van der Waals surface area contributed by atoms with Crippen LogP contribution in [0.15, 0.2) is 18.2 Å². The lowest BCUT2D eigenvalue weighted by atomic mass is 10.1. The zero-order valence-electron chi connectivity index (χ0n) is 14.9. The molecule has 1 aromatic rings. The number of benzene rings is 1. The van der Waals surface area contributed by atoms with Gasteiger partial charge in [-0.25, -0.2) is 0 Å². The first-order valence-electron chi connectivity index (χ1n) is 9.12. The van der Waals surface area contributed by atoms with Gasteiger partial charge in [-0.15, -0.1) is 0 Å². The van der Waals surface area contributed by atoms with Gasteiger partial charge in [-0.05, 0) is 31.7 Å². The third-order valence-electron chi connectivity index (χ3n) is 4.68. The number of nitro benzene ring substituents is 1. The molecular weight excluding hydrogens is 354 g/mol. The average Bonchev–Trinajstić information content (AvgIpc) is 3.37. The van der Waals surface area contributed by atoms with E-state index in [0.717, 1.165) is 25.7 Å². The van der Waals surface area contributed by atoms with Crippen LogP contribution in [0.1, 0.15) is 46.4 Å². The van der Waals surface area contributed by atoms with E-state index in [0.29, 0.717) is 26.3 Å². The zero-order chi connectivity index (χ0) is 19.2. The summed E-state index contributed by atoms with van der Waals surface area (Å²) < 4.78 is 10.9. The predicted octanol–water partition coefficient (Wildman–Crippen LogP) is 1.41. The summed E-state index contributed by atoms with van der Waals surface area (Å²) in [6, 6.07) is 3.70. The molecule has 9 heteroatoms. The molecule has 2 amide bonds. The minimum Gasteiger partial charge on any atom is -0.376 e. The molecule has 2 N–H and O–H groups in total. The maximum atomic E-state index is 12.4. The smallest absolute Gasteiger partial charge is 0.271 e. The minimum absolute atomic E-state index is 0.0400. The fourth-order valence-corrected chi connectivity index (χ4v) is 3.21. The molecule has 0 aliphatic carbocycles. The summed E-state index contributed by atoms with van der Waals surface area (Å²) in [7, 11) is 0. The van der Waals surface area contributed by atoms with Crippen LogP contribution in [0.3, 0.4) is 0 Å². The van der Waals surface area contributed by atoms with E-state index in [1.54, 1.807) is 0 Å². The molecule has 2 aliphatic rings. The molecule has 0 aromatic heterocycles.